The molecular weight excluding hydrogens is 329 g/mol. The summed E-state index contributed by atoms with van der Waals surface area (Å²) in [6.45, 7) is 1.88. The van der Waals surface area contributed by atoms with Crippen molar-refractivity contribution in [3.63, 3.8) is 0 Å². The van der Waals surface area contributed by atoms with E-state index in [2.05, 4.69) is 10.2 Å². The fraction of sp³-hybridized carbons (Fsp3) is 0.429. The van der Waals surface area contributed by atoms with Crippen molar-refractivity contribution in [2.45, 2.75) is 37.3 Å². The van der Waals surface area contributed by atoms with Crippen molar-refractivity contribution in [2.24, 2.45) is 5.73 Å². The molecule has 1 heterocycles. The summed E-state index contributed by atoms with van der Waals surface area (Å²) in [5.74, 6) is 0.732. The van der Waals surface area contributed by atoms with Gasteiger partial charge < -0.3 is 10.8 Å². The zero-order valence-corrected chi connectivity index (χ0v) is 13.2. The number of rotatable bonds is 6. The fourth-order valence-electron chi connectivity index (χ4n) is 1.90. The zero-order chi connectivity index (χ0) is 17.0. The maximum Gasteiger partial charge on any atom is 0.416 e. The molecule has 0 spiro atoms. The van der Waals surface area contributed by atoms with Gasteiger partial charge in [-0.05, 0) is 24.6 Å². The van der Waals surface area contributed by atoms with E-state index in [1.165, 1.54) is 28.5 Å². The molecule has 2 aromatic rings. The Morgan fingerprint density at radius 1 is 1.35 bits per heavy atom. The number of aliphatic hydroxyl groups excluding tert-OH is 1. The molecule has 0 radical (unpaired) electrons. The van der Waals surface area contributed by atoms with Crippen LogP contribution in [0, 0.1) is 0 Å². The van der Waals surface area contributed by atoms with Gasteiger partial charge in [0.1, 0.15) is 0 Å². The molecule has 0 aliphatic heterocycles. The Balaban J connectivity index is 2.39. The molecule has 126 valence electrons. The maximum absolute atomic E-state index is 12.9. The van der Waals surface area contributed by atoms with Crippen LogP contribution in [0.3, 0.4) is 0 Å². The highest BCUT2D eigenvalue weighted by atomic mass is 32.2. The average Bonchev–Trinajstić information content (AvgIpc) is 2.94. The van der Waals surface area contributed by atoms with Gasteiger partial charge in [0.25, 0.3) is 0 Å². The normalized spacial score (nSPS) is 13.3. The van der Waals surface area contributed by atoms with Crippen molar-refractivity contribution in [2.75, 3.05) is 5.75 Å². The molecule has 0 fully saturated rings. The molecule has 0 saturated carbocycles. The van der Waals surface area contributed by atoms with Crippen LogP contribution in [0.15, 0.2) is 29.4 Å². The highest BCUT2D eigenvalue weighted by Gasteiger charge is 2.31. The molecule has 0 aliphatic rings. The third kappa shape index (κ3) is 4.24. The molecule has 1 atom stereocenters. The summed E-state index contributed by atoms with van der Waals surface area (Å²) in [6.07, 6.45) is -4.37. The molecule has 0 aliphatic carbocycles. The van der Waals surface area contributed by atoms with Gasteiger partial charge in [-0.2, -0.15) is 13.2 Å². The van der Waals surface area contributed by atoms with Gasteiger partial charge in [0.15, 0.2) is 11.0 Å². The second-order valence-corrected chi connectivity index (χ2v) is 5.85. The van der Waals surface area contributed by atoms with Gasteiger partial charge in [0, 0.05) is 5.75 Å². The highest BCUT2D eigenvalue weighted by molar-refractivity contribution is 7.99. The summed E-state index contributed by atoms with van der Waals surface area (Å²) in [5, 5.41) is 17.9. The molecule has 9 heteroatoms. The van der Waals surface area contributed by atoms with Crippen LogP contribution in [-0.4, -0.2) is 31.7 Å². The number of aromatic nitrogens is 3. The van der Waals surface area contributed by atoms with E-state index in [-0.39, 0.29) is 6.54 Å². The van der Waals surface area contributed by atoms with Crippen LogP contribution in [0.4, 0.5) is 13.2 Å². The Bertz CT molecular complexity index is 660. The molecule has 1 aromatic carbocycles. The third-order valence-electron chi connectivity index (χ3n) is 3.19. The third-order valence-corrected chi connectivity index (χ3v) is 4.26. The lowest BCUT2D eigenvalue weighted by Gasteiger charge is -2.13. The van der Waals surface area contributed by atoms with Gasteiger partial charge in [0.05, 0.1) is 23.9 Å². The topological polar surface area (TPSA) is 77.0 Å². The number of thioether (sulfide) groups is 1. The molecule has 1 unspecified atom stereocenters. The van der Waals surface area contributed by atoms with E-state index in [0.717, 1.165) is 12.1 Å². The van der Waals surface area contributed by atoms with E-state index >= 15 is 0 Å². The number of nitrogens with two attached hydrogens (primary N) is 1. The first kappa shape index (κ1) is 17.8. The number of alkyl halides is 3. The van der Waals surface area contributed by atoms with E-state index < -0.39 is 17.8 Å². The summed E-state index contributed by atoms with van der Waals surface area (Å²) in [7, 11) is 0. The van der Waals surface area contributed by atoms with Crippen molar-refractivity contribution in [1.29, 1.82) is 0 Å². The summed E-state index contributed by atoms with van der Waals surface area (Å²) in [4.78, 5) is 0. The van der Waals surface area contributed by atoms with E-state index in [1.54, 1.807) is 0 Å². The number of benzene rings is 1. The second kappa shape index (κ2) is 7.33. The van der Waals surface area contributed by atoms with Crippen molar-refractivity contribution in [1.82, 2.24) is 14.8 Å². The van der Waals surface area contributed by atoms with Crippen molar-refractivity contribution in [3.8, 4) is 5.69 Å². The van der Waals surface area contributed by atoms with Crippen LogP contribution in [0.2, 0.25) is 0 Å². The first-order chi connectivity index (χ1) is 10.9. The standard InChI is InChI=1S/C14H17F3N4OS/c1-2-11(22)8-23-13-20-19-12(7-18)21(13)10-5-3-4-9(6-10)14(15,16)17/h3-6,11,22H,2,7-8,18H2,1H3. The summed E-state index contributed by atoms with van der Waals surface area (Å²) in [5.41, 5.74) is 5.14. The smallest absolute Gasteiger partial charge is 0.392 e. The lowest BCUT2D eigenvalue weighted by Crippen LogP contribution is -2.12. The second-order valence-electron chi connectivity index (χ2n) is 4.86. The Kier molecular flexibility index (Phi) is 5.66. The largest absolute Gasteiger partial charge is 0.416 e. The summed E-state index contributed by atoms with van der Waals surface area (Å²) < 4.78 is 40.2. The SMILES string of the molecule is CCC(O)CSc1nnc(CN)n1-c1cccc(C(F)(F)F)c1. The molecular formula is C14H17F3N4OS. The van der Waals surface area contributed by atoms with Crippen LogP contribution in [0.25, 0.3) is 5.69 Å². The predicted octanol–water partition coefficient (Wildman–Crippen LogP) is 2.61. The minimum absolute atomic E-state index is 0.0418. The lowest BCUT2D eigenvalue weighted by molar-refractivity contribution is -0.137. The minimum Gasteiger partial charge on any atom is -0.392 e. The summed E-state index contributed by atoms with van der Waals surface area (Å²) in [6, 6.07) is 4.90. The van der Waals surface area contributed by atoms with Crippen LogP contribution in [0.1, 0.15) is 24.7 Å². The monoisotopic (exact) mass is 346 g/mol. The molecule has 2 rings (SSSR count). The minimum atomic E-state index is -4.43. The van der Waals surface area contributed by atoms with E-state index in [0.29, 0.717) is 28.8 Å². The highest BCUT2D eigenvalue weighted by Crippen LogP contribution is 2.31. The number of hydrogen-bond donors (Lipinski definition) is 2. The van der Waals surface area contributed by atoms with Crippen LogP contribution >= 0.6 is 11.8 Å². The Morgan fingerprint density at radius 3 is 2.70 bits per heavy atom. The quantitative estimate of drug-likeness (QED) is 0.786. The number of aliphatic hydroxyl groups is 1. The first-order valence-corrected chi connectivity index (χ1v) is 7.98. The zero-order valence-electron chi connectivity index (χ0n) is 12.4. The number of hydrogen-bond acceptors (Lipinski definition) is 5. The molecule has 0 saturated heterocycles. The lowest BCUT2D eigenvalue weighted by atomic mass is 10.2. The van der Waals surface area contributed by atoms with Gasteiger partial charge in [-0.25, -0.2) is 0 Å². The van der Waals surface area contributed by atoms with Crippen LogP contribution in [-0.2, 0) is 12.7 Å². The van der Waals surface area contributed by atoms with Crippen molar-refractivity contribution in [3.05, 3.63) is 35.7 Å². The molecule has 0 bridgehead atoms. The number of halogens is 3. The summed E-state index contributed by atoms with van der Waals surface area (Å²) >= 11 is 1.23. The van der Waals surface area contributed by atoms with Crippen molar-refractivity contribution >= 4 is 11.8 Å². The van der Waals surface area contributed by atoms with E-state index in [9.17, 15) is 18.3 Å². The van der Waals surface area contributed by atoms with E-state index in [1.807, 2.05) is 6.92 Å². The molecule has 1 aromatic heterocycles. The van der Waals surface area contributed by atoms with Crippen molar-refractivity contribution < 1.29 is 18.3 Å². The van der Waals surface area contributed by atoms with Gasteiger partial charge in [-0.15, -0.1) is 10.2 Å². The Labute approximate surface area is 135 Å². The van der Waals surface area contributed by atoms with Gasteiger partial charge in [0.2, 0.25) is 0 Å². The van der Waals surface area contributed by atoms with Gasteiger partial charge in [-0.3, -0.25) is 4.57 Å². The molecule has 3 N–H and O–H groups in total. The van der Waals surface area contributed by atoms with Gasteiger partial charge in [-0.1, -0.05) is 24.8 Å². The first-order valence-electron chi connectivity index (χ1n) is 6.99. The van der Waals surface area contributed by atoms with Crippen LogP contribution in [0.5, 0.6) is 0 Å². The fourth-order valence-corrected chi connectivity index (χ4v) is 2.91. The van der Waals surface area contributed by atoms with E-state index in [4.69, 9.17) is 5.73 Å². The Hall–Kier alpha value is -1.58. The molecule has 5 nitrogen and oxygen atoms in total. The predicted molar refractivity (Wildman–Crippen MR) is 81.3 cm³/mol. The number of nitrogens with zero attached hydrogens (tertiary/aromatic N) is 3. The average molecular weight is 346 g/mol. The van der Waals surface area contributed by atoms with Crippen LogP contribution < -0.4 is 5.73 Å². The maximum atomic E-state index is 12.9. The molecule has 23 heavy (non-hydrogen) atoms. The van der Waals surface area contributed by atoms with Gasteiger partial charge >= 0.3 is 6.18 Å². The molecule has 0 amide bonds. The Morgan fingerprint density at radius 2 is 2.09 bits per heavy atom.